The summed E-state index contributed by atoms with van der Waals surface area (Å²) in [5, 5.41) is 9.89. The van der Waals surface area contributed by atoms with Crippen LogP contribution in [0.4, 0.5) is 0 Å². The lowest BCUT2D eigenvalue weighted by Gasteiger charge is -1.93. The van der Waals surface area contributed by atoms with Crippen molar-refractivity contribution >= 4 is 5.97 Å². The van der Waals surface area contributed by atoms with Crippen LogP contribution in [-0.2, 0) is 9.53 Å². The third-order valence-electron chi connectivity index (χ3n) is 1.25. The van der Waals surface area contributed by atoms with Crippen molar-refractivity contribution in [2.45, 2.75) is 19.8 Å². The monoisotopic (exact) mass is 187 g/mol. The average Bonchev–Trinajstić information content (AvgIpc) is 2.03. The van der Waals surface area contributed by atoms with Crippen LogP contribution in [0.5, 0.6) is 0 Å². The van der Waals surface area contributed by atoms with Gasteiger partial charge in [-0.3, -0.25) is 10.1 Å². The lowest BCUT2D eigenvalue weighted by Crippen LogP contribution is -2.00. The van der Waals surface area contributed by atoms with E-state index in [2.05, 4.69) is 4.74 Å². The lowest BCUT2D eigenvalue weighted by molar-refractivity contribution is -0.480. The minimum Gasteiger partial charge on any atom is -0.463 e. The van der Waals surface area contributed by atoms with Gasteiger partial charge in [0.15, 0.2) is 0 Å². The van der Waals surface area contributed by atoms with Gasteiger partial charge in [0.05, 0.1) is 6.61 Å². The van der Waals surface area contributed by atoms with Crippen LogP contribution in [0.2, 0.25) is 0 Å². The second kappa shape index (κ2) is 7.27. The van der Waals surface area contributed by atoms with Crippen molar-refractivity contribution in [1.29, 1.82) is 0 Å². The van der Waals surface area contributed by atoms with E-state index >= 15 is 0 Å². The molecule has 0 N–H and O–H groups in total. The molecule has 0 spiro atoms. The predicted molar refractivity (Wildman–Crippen MR) is 46.9 cm³/mol. The maximum atomic E-state index is 10.7. The van der Waals surface area contributed by atoms with Crippen LogP contribution in [-0.4, -0.2) is 24.0 Å². The second-order valence-electron chi connectivity index (χ2n) is 2.35. The van der Waals surface area contributed by atoms with Crippen molar-refractivity contribution in [2.24, 2.45) is 0 Å². The van der Waals surface area contributed by atoms with Gasteiger partial charge in [0.1, 0.15) is 0 Å². The van der Waals surface area contributed by atoms with E-state index in [-0.39, 0.29) is 11.5 Å². The summed E-state index contributed by atoms with van der Waals surface area (Å²) in [7, 11) is 0. The molecule has 0 aliphatic carbocycles. The van der Waals surface area contributed by atoms with Gasteiger partial charge in [-0.15, -0.1) is 0 Å². The van der Waals surface area contributed by atoms with Crippen LogP contribution in [0.15, 0.2) is 12.2 Å². The fourth-order valence-corrected chi connectivity index (χ4v) is 0.708. The number of unbranched alkanes of at least 4 members (excludes halogenated alkanes) is 1. The van der Waals surface area contributed by atoms with E-state index in [0.29, 0.717) is 19.4 Å². The Morgan fingerprint density at radius 2 is 2.31 bits per heavy atom. The molecule has 13 heavy (non-hydrogen) atoms. The minimum absolute atomic E-state index is 0.0623. The quantitative estimate of drug-likeness (QED) is 0.206. The van der Waals surface area contributed by atoms with Crippen molar-refractivity contribution in [3.63, 3.8) is 0 Å². The number of hydrogen-bond acceptors (Lipinski definition) is 4. The van der Waals surface area contributed by atoms with E-state index in [9.17, 15) is 14.9 Å². The molecule has 0 rings (SSSR count). The summed E-state index contributed by atoms with van der Waals surface area (Å²) < 4.78 is 4.61. The van der Waals surface area contributed by atoms with Crippen LogP contribution < -0.4 is 0 Å². The smallest absolute Gasteiger partial charge is 0.330 e. The van der Waals surface area contributed by atoms with Gasteiger partial charge in [0, 0.05) is 17.4 Å². The summed E-state index contributed by atoms with van der Waals surface area (Å²) in [4.78, 5) is 20.2. The van der Waals surface area contributed by atoms with Gasteiger partial charge < -0.3 is 4.74 Å². The van der Waals surface area contributed by atoms with Gasteiger partial charge >= 0.3 is 5.97 Å². The molecular formula is C8H13NO4. The van der Waals surface area contributed by atoms with E-state index < -0.39 is 5.97 Å². The Bertz CT molecular complexity index is 200. The molecule has 0 radical (unpaired) electrons. The molecule has 0 amide bonds. The summed E-state index contributed by atoms with van der Waals surface area (Å²) in [6.07, 6.45) is 3.85. The summed E-state index contributed by atoms with van der Waals surface area (Å²) in [6.45, 7) is 2.00. The second-order valence-corrected chi connectivity index (χ2v) is 2.35. The van der Waals surface area contributed by atoms with Crippen molar-refractivity contribution in [2.75, 3.05) is 13.2 Å². The highest BCUT2D eigenvalue weighted by Crippen LogP contribution is 1.92. The van der Waals surface area contributed by atoms with E-state index in [1.807, 2.05) is 0 Å². The number of carbonyl (C=O) groups excluding carboxylic acids is 1. The molecule has 0 saturated carbocycles. The third-order valence-corrected chi connectivity index (χ3v) is 1.25. The third kappa shape index (κ3) is 8.52. The highest BCUT2D eigenvalue weighted by atomic mass is 16.6. The van der Waals surface area contributed by atoms with Gasteiger partial charge in [-0.2, -0.15) is 0 Å². The molecule has 5 heteroatoms. The van der Waals surface area contributed by atoms with Gasteiger partial charge in [-0.1, -0.05) is 6.08 Å². The van der Waals surface area contributed by atoms with Crippen LogP contribution in [0.1, 0.15) is 19.8 Å². The molecule has 0 fully saturated rings. The molecule has 0 aliphatic rings. The van der Waals surface area contributed by atoms with E-state index in [0.717, 1.165) is 0 Å². The minimum atomic E-state index is -0.399. The zero-order valence-corrected chi connectivity index (χ0v) is 7.56. The number of hydrogen-bond donors (Lipinski definition) is 0. The first kappa shape index (κ1) is 11.6. The number of rotatable bonds is 6. The standard InChI is InChI=1S/C8H13NO4/c1-2-13-8(10)6-4-3-5-7-9(11)12/h4,6H,2-3,5,7H2,1H3/b6-4+. The molecule has 0 saturated heterocycles. The van der Waals surface area contributed by atoms with Gasteiger partial charge in [0.2, 0.25) is 6.54 Å². The van der Waals surface area contributed by atoms with Gasteiger partial charge in [-0.25, -0.2) is 4.79 Å². The van der Waals surface area contributed by atoms with Crippen molar-refractivity contribution in [3.05, 3.63) is 22.3 Å². The Morgan fingerprint density at radius 1 is 1.62 bits per heavy atom. The molecular weight excluding hydrogens is 174 g/mol. The molecule has 5 nitrogen and oxygen atoms in total. The van der Waals surface area contributed by atoms with Crippen molar-refractivity contribution in [3.8, 4) is 0 Å². The fourth-order valence-electron chi connectivity index (χ4n) is 0.708. The Hall–Kier alpha value is -1.39. The number of nitrogens with zero attached hydrogens (tertiary/aromatic N) is 1. The van der Waals surface area contributed by atoms with Crippen LogP contribution in [0, 0.1) is 10.1 Å². The zero-order chi connectivity index (χ0) is 10.1. The zero-order valence-electron chi connectivity index (χ0n) is 7.56. The molecule has 0 aliphatic heterocycles. The van der Waals surface area contributed by atoms with E-state index in [1.54, 1.807) is 13.0 Å². The maximum Gasteiger partial charge on any atom is 0.330 e. The highest BCUT2D eigenvalue weighted by Gasteiger charge is 1.95. The first-order valence-corrected chi connectivity index (χ1v) is 4.12. The number of nitro groups is 1. The Kier molecular flexibility index (Phi) is 6.49. The largest absolute Gasteiger partial charge is 0.463 e. The molecule has 0 bridgehead atoms. The summed E-state index contributed by atoms with van der Waals surface area (Å²) in [5.74, 6) is -0.399. The average molecular weight is 187 g/mol. The first-order chi connectivity index (χ1) is 6.16. The van der Waals surface area contributed by atoms with Crippen LogP contribution in [0.25, 0.3) is 0 Å². The number of carbonyl (C=O) groups is 1. The predicted octanol–water partition coefficient (Wildman–Crippen LogP) is 1.16. The Labute approximate surface area is 76.5 Å². The molecule has 0 atom stereocenters. The SMILES string of the molecule is CCOC(=O)/C=C/CCC[N+](=O)[O-]. The van der Waals surface area contributed by atoms with Crippen molar-refractivity contribution in [1.82, 2.24) is 0 Å². The number of esters is 1. The van der Waals surface area contributed by atoms with Crippen LogP contribution >= 0.6 is 0 Å². The first-order valence-electron chi connectivity index (χ1n) is 4.12. The topological polar surface area (TPSA) is 69.4 Å². The molecule has 0 aromatic rings. The molecule has 74 valence electrons. The molecule has 0 unspecified atom stereocenters. The van der Waals surface area contributed by atoms with Gasteiger partial charge in [-0.05, 0) is 13.3 Å². The van der Waals surface area contributed by atoms with E-state index in [1.165, 1.54) is 6.08 Å². The highest BCUT2D eigenvalue weighted by molar-refractivity contribution is 5.81. The Balaban J connectivity index is 3.40. The summed E-state index contributed by atoms with van der Waals surface area (Å²) in [5.41, 5.74) is 0. The number of allylic oxidation sites excluding steroid dienone is 1. The lowest BCUT2D eigenvalue weighted by atomic mass is 10.3. The molecule has 0 heterocycles. The van der Waals surface area contributed by atoms with Crippen molar-refractivity contribution < 1.29 is 14.5 Å². The van der Waals surface area contributed by atoms with Crippen LogP contribution in [0.3, 0.4) is 0 Å². The normalized spacial score (nSPS) is 10.2. The number of ether oxygens (including phenoxy) is 1. The fraction of sp³-hybridized carbons (Fsp3) is 0.625. The maximum absolute atomic E-state index is 10.7. The summed E-state index contributed by atoms with van der Waals surface area (Å²) >= 11 is 0. The Morgan fingerprint density at radius 3 is 2.85 bits per heavy atom. The van der Waals surface area contributed by atoms with Gasteiger partial charge in [0.25, 0.3) is 0 Å². The molecule has 0 aromatic carbocycles. The molecule has 0 aromatic heterocycles. The summed E-state index contributed by atoms with van der Waals surface area (Å²) in [6, 6.07) is 0. The van der Waals surface area contributed by atoms with E-state index in [4.69, 9.17) is 0 Å².